The maximum Gasteiger partial charge on any atom is 0.228 e. The maximum absolute atomic E-state index is 12.8. The third kappa shape index (κ3) is 5.94. The molecular weight excluding hydrogens is 390 g/mol. The third-order valence-corrected chi connectivity index (χ3v) is 6.46. The predicted octanol–water partition coefficient (Wildman–Crippen LogP) is 5.22. The van der Waals surface area contributed by atoms with Crippen LogP contribution >= 0.6 is 11.8 Å². The molecule has 0 radical (unpaired) electrons. The van der Waals surface area contributed by atoms with Crippen molar-refractivity contribution >= 4 is 23.4 Å². The Morgan fingerprint density at radius 1 is 1.03 bits per heavy atom. The number of thioether (sulfide) groups is 1. The third-order valence-electron chi connectivity index (χ3n) is 5.38. The van der Waals surface area contributed by atoms with Crippen LogP contribution in [0.1, 0.15) is 24.0 Å². The van der Waals surface area contributed by atoms with Crippen LogP contribution in [0.4, 0.5) is 5.69 Å². The standard InChI is InChI=1S/C25H27N3OS/c29-25(22-9-5-15-28(18-22)17-20-6-2-1-3-7-20)27-23-10-12-24(13-11-23)30-19-21-8-4-14-26-16-21/h1-4,6-8,10-14,16,22H,5,9,15,17-19H2,(H,27,29). The normalized spacial score (nSPS) is 16.9. The van der Waals surface area contributed by atoms with E-state index in [0.29, 0.717) is 0 Å². The molecule has 1 unspecified atom stereocenters. The zero-order chi connectivity index (χ0) is 20.6. The minimum absolute atomic E-state index is 0.0436. The molecule has 1 aromatic heterocycles. The molecular formula is C25H27N3OS. The summed E-state index contributed by atoms with van der Waals surface area (Å²) in [6.45, 7) is 2.79. The molecule has 4 rings (SSSR count). The van der Waals surface area contributed by atoms with E-state index in [1.165, 1.54) is 16.0 Å². The zero-order valence-electron chi connectivity index (χ0n) is 17.0. The van der Waals surface area contributed by atoms with Crippen molar-refractivity contribution in [3.8, 4) is 0 Å². The number of carbonyl (C=O) groups is 1. The van der Waals surface area contributed by atoms with Crippen LogP contribution in [0.5, 0.6) is 0 Å². The molecule has 1 fully saturated rings. The first-order chi connectivity index (χ1) is 14.8. The van der Waals surface area contributed by atoms with Gasteiger partial charge in [0.25, 0.3) is 0 Å². The lowest BCUT2D eigenvalue weighted by atomic mass is 9.96. The highest BCUT2D eigenvalue weighted by Crippen LogP contribution is 2.25. The number of nitrogens with zero attached hydrogens (tertiary/aromatic N) is 2. The molecule has 0 bridgehead atoms. The molecule has 154 valence electrons. The molecule has 2 aromatic carbocycles. The van der Waals surface area contributed by atoms with E-state index in [0.717, 1.165) is 43.9 Å². The first kappa shape index (κ1) is 20.6. The molecule has 0 saturated carbocycles. The van der Waals surface area contributed by atoms with E-state index < -0.39 is 0 Å². The number of likely N-dealkylation sites (tertiary alicyclic amines) is 1. The molecule has 0 spiro atoms. The summed E-state index contributed by atoms with van der Waals surface area (Å²) in [6.07, 6.45) is 5.71. The molecule has 5 heteroatoms. The van der Waals surface area contributed by atoms with Crippen molar-refractivity contribution in [1.82, 2.24) is 9.88 Å². The van der Waals surface area contributed by atoms with Gasteiger partial charge >= 0.3 is 0 Å². The Kier molecular flexibility index (Phi) is 7.16. The Morgan fingerprint density at radius 2 is 1.83 bits per heavy atom. The van der Waals surface area contributed by atoms with Gasteiger partial charge in [-0.2, -0.15) is 0 Å². The summed E-state index contributed by atoms with van der Waals surface area (Å²) in [4.78, 5) is 20.5. The van der Waals surface area contributed by atoms with Crippen molar-refractivity contribution in [3.05, 3.63) is 90.3 Å². The second kappa shape index (κ2) is 10.4. The van der Waals surface area contributed by atoms with Crippen LogP contribution in [0.25, 0.3) is 0 Å². The van der Waals surface area contributed by atoms with E-state index in [-0.39, 0.29) is 11.8 Å². The molecule has 30 heavy (non-hydrogen) atoms. The van der Waals surface area contributed by atoms with Gasteiger partial charge in [0.2, 0.25) is 5.91 Å². The van der Waals surface area contributed by atoms with Gasteiger partial charge in [0.15, 0.2) is 0 Å². The van der Waals surface area contributed by atoms with Crippen LogP contribution in [0.2, 0.25) is 0 Å². The molecule has 1 amide bonds. The lowest BCUT2D eigenvalue weighted by Gasteiger charge is -2.32. The van der Waals surface area contributed by atoms with Gasteiger partial charge in [-0.1, -0.05) is 36.4 Å². The number of aromatic nitrogens is 1. The van der Waals surface area contributed by atoms with Crippen molar-refractivity contribution in [2.75, 3.05) is 18.4 Å². The molecule has 3 aromatic rings. The highest BCUT2D eigenvalue weighted by Gasteiger charge is 2.25. The number of pyridine rings is 1. The number of rotatable bonds is 7. The summed E-state index contributed by atoms with van der Waals surface area (Å²) >= 11 is 1.77. The average molecular weight is 418 g/mol. The van der Waals surface area contributed by atoms with E-state index in [1.54, 1.807) is 18.0 Å². The van der Waals surface area contributed by atoms with Crippen LogP contribution < -0.4 is 5.32 Å². The summed E-state index contributed by atoms with van der Waals surface area (Å²) in [6, 6.07) is 22.7. The Balaban J connectivity index is 1.27. The van der Waals surface area contributed by atoms with E-state index in [1.807, 2.05) is 30.5 Å². The Morgan fingerprint density at radius 3 is 2.60 bits per heavy atom. The molecule has 4 nitrogen and oxygen atoms in total. The molecule has 1 aliphatic rings. The van der Waals surface area contributed by atoms with Gasteiger partial charge in [-0.05, 0) is 60.8 Å². The van der Waals surface area contributed by atoms with Crippen LogP contribution in [-0.2, 0) is 17.1 Å². The van der Waals surface area contributed by atoms with Crippen LogP contribution in [0.15, 0.2) is 84.0 Å². The second-order valence-corrected chi connectivity index (χ2v) is 8.77. The van der Waals surface area contributed by atoms with Gasteiger partial charge in [0, 0.05) is 41.8 Å². The van der Waals surface area contributed by atoms with Crippen LogP contribution in [0, 0.1) is 5.92 Å². The monoisotopic (exact) mass is 417 g/mol. The quantitative estimate of drug-likeness (QED) is 0.535. The van der Waals surface area contributed by atoms with Crippen molar-refractivity contribution < 1.29 is 4.79 Å². The minimum atomic E-state index is 0.0436. The van der Waals surface area contributed by atoms with Crippen molar-refractivity contribution in [1.29, 1.82) is 0 Å². The lowest BCUT2D eigenvalue weighted by Crippen LogP contribution is -2.40. The highest BCUT2D eigenvalue weighted by molar-refractivity contribution is 7.98. The van der Waals surface area contributed by atoms with E-state index in [9.17, 15) is 4.79 Å². The van der Waals surface area contributed by atoms with Crippen LogP contribution in [-0.4, -0.2) is 28.9 Å². The second-order valence-electron chi connectivity index (χ2n) is 7.72. The fourth-order valence-electron chi connectivity index (χ4n) is 3.78. The Hall–Kier alpha value is -2.63. The fraction of sp³-hybridized carbons (Fsp3) is 0.280. The van der Waals surface area contributed by atoms with Gasteiger partial charge in [0.05, 0.1) is 5.92 Å². The number of hydrogen-bond donors (Lipinski definition) is 1. The Labute approximate surface area is 182 Å². The van der Waals surface area contributed by atoms with Crippen LogP contribution in [0.3, 0.4) is 0 Å². The first-order valence-corrected chi connectivity index (χ1v) is 11.4. The number of piperidine rings is 1. The number of hydrogen-bond acceptors (Lipinski definition) is 4. The number of benzene rings is 2. The zero-order valence-corrected chi connectivity index (χ0v) is 17.9. The van der Waals surface area contributed by atoms with E-state index in [4.69, 9.17) is 0 Å². The van der Waals surface area contributed by atoms with E-state index in [2.05, 4.69) is 57.7 Å². The molecule has 1 aliphatic heterocycles. The average Bonchev–Trinajstić information content (AvgIpc) is 2.80. The lowest BCUT2D eigenvalue weighted by molar-refractivity contribution is -0.121. The summed E-state index contributed by atoms with van der Waals surface area (Å²) in [5.74, 6) is 1.06. The predicted molar refractivity (Wildman–Crippen MR) is 123 cm³/mol. The van der Waals surface area contributed by atoms with E-state index >= 15 is 0 Å². The first-order valence-electron chi connectivity index (χ1n) is 10.5. The maximum atomic E-state index is 12.8. The van der Waals surface area contributed by atoms with Gasteiger partial charge < -0.3 is 5.32 Å². The summed E-state index contributed by atoms with van der Waals surface area (Å²) in [7, 11) is 0. The number of amides is 1. The number of anilines is 1. The number of carbonyl (C=O) groups excluding carboxylic acids is 1. The van der Waals surface area contributed by atoms with Gasteiger partial charge in [0.1, 0.15) is 0 Å². The molecule has 2 heterocycles. The van der Waals surface area contributed by atoms with Gasteiger partial charge in [-0.3, -0.25) is 14.7 Å². The largest absolute Gasteiger partial charge is 0.326 e. The topological polar surface area (TPSA) is 45.2 Å². The van der Waals surface area contributed by atoms with Gasteiger partial charge in [-0.15, -0.1) is 11.8 Å². The number of nitrogens with one attached hydrogen (secondary N) is 1. The van der Waals surface area contributed by atoms with Gasteiger partial charge in [-0.25, -0.2) is 0 Å². The summed E-state index contributed by atoms with van der Waals surface area (Å²) < 4.78 is 0. The molecule has 1 saturated heterocycles. The van der Waals surface area contributed by atoms with Crippen molar-refractivity contribution in [2.24, 2.45) is 5.92 Å². The van der Waals surface area contributed by atoms with Crippen molar-refractivity contribution in [3.63, 3.8) is 0 Å². The Bertz CT molecular complexity index is 932. The molecule has 1 atom stereocenters. The summed E-state index contributed by atoms with van der Waals surface area (Å²) in [5.41, 5.74) is 3.38. The molecule has 0 aliphatic carbocycles. The minimum Gasteiger partial charge on any atom is -0.326 e. The highest BCUT2D eigenvalue weighted by atomic mass is 32.2. The summed E-state index contributed by atoms with van der Waals surface area (Å²) in [5, 5.41) is 3.11. The SMILES string of the molecule is O=C(Nc1ccc(SCc2cccnc2)cc1)C1CCCN(Cc2ccccc2)C1. The fourth-order valence-corrected chi connectivity index (χ4v) is 4.62. The molecule has 1 N–H and O–H groups in total. The smallest absolute Gasteiger partial charge is 0.228 e. The van der Waals surface area contributed by atoms with Crippen molar-refractivity contribution in [2.45, 2.75) is 30.0 Å².